The van der Waals surface area contributed by atoms with Crippen molar-refractivity contribution in [1.29, 1.82) is 0 Å². The van der Waals surface area contributed by atoms with Gasteiger partial charge in [0.2, 0.25) is 0 Å². The van der Waals surface area contributed by atoms with Gasteiger partial charge in [0.05, 0.1) is 11.1 Å². The van der Waals surface area contributed by atoms with Crippen molar-refractivity contribution in [3.63, 3.8) is 0 Å². The van der Waals surface area contributed by atoms with E-state index in [-0.39, 0.29) is 0 Å². The predicted molar refractivity (Wildman–Crippen MR) is 53.2 cm³/mol. The summed E-state index contributed by atoms with van der Waals surface area (Å²) < 4.78 is 4.66. The van der Waals surface area contributed by atoms with Gasteiger partial charge in [0.15, 0.2) is 0 Å². The van der Waals surface area contributed by atoms with E-state index >= 15 is 0 Å². The maximum atomic E-state index is 11.5. The third kappa shape index (κ3) is 1.06. The molecule has 0 spiro atoms. The van der Waals surface area contributed by atoms with Gasteiger partial charge in [0, 0.05) is 5.56 Å². The highest BCUT2D eigenvalue weighted by Crippen LogP contribution is 2.33. The number of hydrogen-bond acceptors (Lipinski definition) is 3. The molecule has 15 heavy (non-hydrogen) atoms. The largest absolute Gasteiger partial charge is 0.386 e. The lowest BCUT2D eigenvalue weighted by atomic mass is 9.86. The molecule has 3 rings (SSSR count). The number of benzene rings is 1. The Bertz CT molecular complexity index is 512. The van der Waals surface area contributed by atoms with Gasteiger partial charge in [-0.15, -0.1) is 0 Å². The Hall–Kier alpha value is -1.90. The van der Waals surface area contributed by atoms with Crippen LogP contribution in [-0.4, -0.2) is 11.9 Å². The number of rotatable bonds is 0. The van der Waals surface area contributed by atoms with Gasteiger partial charge in [0.25, 0.3) is 0 Å². The first-order chi connectivity index (χ1) is 7.27. The number of allylic oxidation sites excluding steroid dienone is 1. The van der Waals surface area contributed by atoms with Crippen LogP contribution in [0.4, 0.5) is 0 Å². The molecule has 3 heteroatoms. The van der Waals surface area contributed by atoms with E-state index in [2.05, 4.69) is 4.74 Å². The van der Waals surface area contributed by atoms with Crippen LogP contribution in [0.2, 0.25) is 0 Å². The van der Waals surface area contributed by atoms with Crippen molar-refractivity contribution in [3.8, 4) is 0 Å². The zero-order valence-corrected chi connectivity index (χ0v) is 7.95. The van der Waals surface area contributed by atoms with Crippen molar-refractivity contribution in [2.75, 3.05) is 0 Å². The summed E-state index contributed by atoms with van der Waals surface area (Å²) in [6.07, 6.45) is 3.56. The van der Waals surface area contributed by atoms with E-state index in [1.165, 1.54) is 0 Å². The molecular formula is C12H8O3. The number of carbonyl (C=O) groups excluding carboxylic acids is 2. The Morgan fingerprint density at radius 3 is 2.87 bits per heavy atom. The standard InChI is InChI=1S/C12H8O3/c13-11-8-5-1-3-7-4-2-6-9(10(7)8)12(14)15-11/h1,3,5-6H,2,4H2. The molecule has 1 aliphatic heterocycles. The van der Waals surface area contributed by atoms with Crippen molar-refractivity contribution >= 4 is 17.5 Å². The monoisotopic (exact) mass is 200 g/mol. The number of hydrogen-bond donors (Lipinski definition) is 0. The Morgan fingerprint density at radius 2 is 2.00 bits per heavy atom. The number of ether oxygens (including phenoxy) is 1. The van der Waals surface area contributed by atoms with E-state index in [0.29, 0.717) is 11.1 Å². The van der Waals surface area contributed by atoms with Crippen molar-refractivity contribution < 1.29 is 14.3 Å². The highest BCUT2D eigenvalue weighted by molar-refractivity contribution is 6.26. The molecule has 0 N–H and O–H groups in total. The normalized spacial score (nSPS) is 18.0. The van der Waals surface area contributed by atoms with Crippen molar-refractivity contribution in [2.45, 2.75) is 12.8 Å². The quantitative estimate of drug-likeness (QED) is 0.473. The summed E-state index contributed by atoms with van der Waals surface area (Å²) in [7, 11) is 0. The van der Waals surface area contributed by atoms with Crippen molar-refractivity contribution in [3.05, 3.63) is 41.0 Å². The van der Waals surface area contributed by atoms with E-state index in [9.17, 15) is 9.59 Å². The second-order valence-electron chi connectivity index (χ2n) is 3.67. The molecule has 0 amide bonds. The first kappa shape index (κ1) is 8.41. The summed E-state index contributed by atoms with van der Waals surface area (Å²) >= 11 is 0. The van der Waals surface area contributed by atoms with E-state index in [0.717, 1.165) is 24.0 Å². The number of cyclic esters (lactones) is 2. The van der Waals surface area contributed by atoms with E-state index < -0.39 is 11.9 Å². The van der Waals surface area contributed by atoms with Gasteiger partial charge in [-0.2, -0.15) is 0 Å². The van der Waals surface area contributed by atoms with E-state index in [1.807, 2.05) is 18.2 Å². The third-order valence-corrected chi connectivity index (χ3v) is 2.81. The summed E-state index contributed by atoms with van der Waals surface area (Å²) in [4.78, 5) is 22.9. The van der Waals surface area contributed by atoms with Crippen molar-refractivity contribution in [1.82, 2.24) is 0 Å². The van der Waals surface area contributed by atoms with Crippen LogP contribution in [0.25, 0.3) is 5.57 Å². The molecule has 1 aromatic rings. The fraction of sp³-hybridized carbons (Fsp3) is 0.167. The van der Waals surface area contributed by atoms with Crippen LogP contribution in [0, 0.1) is 0 Å². The molecule has 0 radical (unpaired) electrons. The molecule has 0 fully saturated rings. The molecule has 1 aromatic carbocycles. The van der Waals surface area contributed by atoms with Gasteiger partial charge in [-0.25, -0.2) is 9.59 Å². The molecule has 0 aromatic heterocycles. The molecule has 0 saturated heterocycles. The molecule has 3 nitrogen and oxygen atoms in total. The third-order valence-electron chi connectivity index (χ3n) is 2.81. The summed E-state index contributed by atoms with van der Waals surface area (Å²) in [6, 6.07) is 5.48. The van der Waals surface area contributed by atoms with Gasteiger partial charge in [-0.3, -0.25) is 0 Å². The van der Waals surface area contributed by atoms with Crippen LogP contribution in [-0.2, 0) is 16.0 Å². The highest BCUT2D eigenvalue weighted by atomic mass is 16.6. The Morgan fingerprint density at radius 1 is 1.13 bits per heavy atom. The lowest BCUT2D eigenvalue weighted by molar-refractivity contribution is -0.131. The maximum absolute atomic E-state index is 11.5. The summed E-state index contributed by atoms with van der Waals surface area (Å²) in [5.41, 5.74) is 2.91. The number of aryl methyl sites for hydroxylation is 1. The lowest BCUT2D eigenvalue weighted by Crippen LogP contribution is -2.24. The summed E-state index contributed by atoms with van der Waals surface area (Å²) in [6.45, 7) is 0. The minimum absolute atomic E-state index is 0.512. The summed E-state index contributed by atoms with van der Waals surface area (Å²) in [5.74, 6) is -1.05. The molecule has 1 aliphatic carbocycles. The van der Waals surface area contributed by atoms with Gasteiger partial charge in [-0.1, -0.05) is 18.2 Å². The molecule has 74 valence electrons. The predicted octanol–water partition coefficient (Wildman–Crippen LogP) is 1.71. The Kier molecular flexibility index (Phi) is 1.57. The van der Waals surface area contributed by atoms with Crippen LogP contribution in [0.5, 0.6) is 0 Å². The maximum Gasteiger partial charge on any atom is 0.346 e. The molecule has 0 saturated carbocycles. The number of carbonyl (C=O) groups is 2. The molecule has 0 unspecified atom stereocenters. The van der Waals surface area contributed by atoms with E-state index in [1.54, 1.807) is 6.07 Å². The van der Waals surface area contributed by atoms with Crippen molar-refractivity contribution in [2.24, 2.45) is 0 Å². The fourth-order valence-corrected chi connectivity index (χ4v) is 2.15. The molecule has 2 aliphatic rings. The van der Waals surface area contributed by atoms with Gasteiger partial charge < -0.3 is 4.74 Å². The average molecular weight is 200 g/mol. The van der Waals surface area contributed by atoms with Crippen LogP contribution >= 0.6 is 0 Å². The smallest absolute Gasteiger partial charge is 0.346 e. The van der Waals surface area contributed by atoms with Gasteiger partial charge in [-0.05, 0) is 24.5 Å². The molecular weight excluding hydrogens is 192 g/mol. The van der Waals surface area contributed by atoms with Gasteiger partial charge in [0.1, 0.15) is 0 Å². The molecule has 1 heterocycles. The fourth-order valence-electron chi connectivity index (χ4n) is 2.15. The Balaban J connectivity index is 2.36. The topological polar surface area (TPSA) is 43.4 Å². The minimum atomic E-state index is -0.532. The zero-order valence-electron chi connectivity index (χ0n) is 7.95. The lowest BCUT2D eigenvalue weighted by Gasteiger charge is -2.22. The minimum Gasteiger partial charge on any atom is -0.386 e. The van der Waals surface area contributed by atoms with Gasteiger partial charge >= 0.3 is 11.9 Å². The van der Waals surface area contributed by atoms with E-state index in [4.69, 9.17) is 0 Å². The SMILES string of the molecule is O=C1OC(=O)c2cccc3c2C1=CCC3. The van der Waals surface area contributed by atoms with Crippen LogP contribution in [0.1, 0.15) is 27.9 Å². The van der Waals surface area contributed by atoms with Crippen LogP contribution in [0.15, 0.2) is 24.3 Å². The van der Waals surface area contributed by atoms with Crippen LogP contribution in [0.3, 0.4) is 0 Å². The Labute approximate surface area is 86.4 Å². The first-order valence-corrected chi connectivity index (χ1v) is 4.86. The molecule has 0 atom stereocenters. The second kappa shape index (κ2) is 2.79. The molecule has 0 bridgehead atoms. The van der Waals surface area contributed by atoms with Crippen LogP contribution < -0.4 is 0 Å². The first-order valence-electron chi connectivity index (χ1n) is 4.86. The summed E-state index contributed by atoms with van der Waals surface area (Å²) in [5, 5.41) is 0. The average Bonchev–Trinajstić information content (AvgIpc) is 2.25. The second-order valence-corrected chi connectivity index (χ2v) is 3.67. The number of esters is 2. The highest BCUT2D eigenvalue weighted by Gasteiger charge is 2.32. The zero-order chi connectivity index (χ0) is 10.4.